The van der Waals surface area contributed by atoms with Gasteiger partial charge in [0.05, 0.1) is 16.9 Å². The minimum Gasteiger partial charge on any atom is -0.310 e. The van der Waals surface area contributed by atoms with Crippen molar-refractivity contribution >= 4 is 23.2 Å². The number of hydrogen-bond donors (Lipinski definition) is 0. The van der Waals surface area contributed by atoms with Gasteiger partial charge in [0.15, 0.2) is 0 Å². The highest BCUT2D eigenvalue weighted by atomic mass is 19.1. The minimum absolute atomic E-state index is 0.0629. The molecule has 2 heterocycles. The third kappa shape index (κ3) is 2.99. The number of rotatable bonds is 1. The van der Waals surface area contributed by atoms with Gasteiger partial charge in [0.2, 0.25) is 11.9 Å². The SMILES string of the molecule is CC(=O)N1C[C@@H](C)CN(C(=O)c2ccc(F)nc2)c2ccccc21. The first-order valence-corrected chi connectivity index (χ1v) is 7.78. The van der Waals surface area contributed by atoms with Gasteiger partial charge < -0.3 is 9.80 Å². The number of amides is 2. The van der Waals surface area contributed by atoms with Crippen molar-refractivity contribution in [2.45, 2.75) is 13.8 Å². The van der Waals surface area contributed by atoms with Gasteiger partial charge in [0.1, 0.15) is 0 Å². The summed E-state index contributed by atoms with van der Waals surface area (Å²) in [5, 5.41) is 0. The zero-order chi connectivity index (χ0) is 17.3. The zero-order valence-electron chi connectivity index (χ0n) is 13.6. The van der Waals surface area contributed by atoms with Crippen LogP contribution in [0.25, 0.3) is 0 Å². The fraction of sp³-hybridized carbons (Fsp3) is 0.278. The molecule has 1 atom stereocenters. The standard InChI is InChI=1S/C18H18FN3O2/c1-12-10-21(13(2)23)15-5-3-4-6-16(15)22(11-12)18(24)14-7-8-17(19)20-9-14/h3-9,12H,10-11H2,1-2H3/t12-/m1/s1. The van der Waals surface area contributed by atoms with Crippen molar-refractivity contribution in [3.63, 3.8) is 0 Å². The van der Waals surface area contributed by atoms with E-state index in [0.717, 1.165) is 0 Å². The molecule has 1 aliphatic rings. The van der Waals surface area contributed by atoms with E-state index in [-0.39, 0.29) is 17.7 Å². The second kappa shape index (κ2) is 6.39. The van der Waals surface area contributed by atoms with Crippen LogP contribution >= 0.6 is 0 Å². The van der Waals surface area contributed by atoms with Gasteiger partial charge in [-0.25, -0.2) is 4.98 Å². The number of nitrogens with zero attached hydrogens (tertiary/aromatic N) is 3. The molecule has 0 fully saturated rings. The Kier molecular flexibility index (Phi) is 4.29. The number of fused-ring (bicyclic) bond motifs is 1. The van der Waals surface area contributed by atoms with E-state index < -0.39 is 5.95 Å². The van der Waals surface area contributed by atoms with Gasteiger partial charge in [-0.05, 0) is 30.2 Å². The molecule has 6 heteroatoms. The average molecular weight is 327 g/mol. The summed E-state index contributed by atoms with van der Waals surface area (Å²) in [6.07, 6.45) is 1.23. The first kappa shape index (κ1) is 16.1. The molecule has 0 bridgehead atoms. The monoisotopic (exact) mass is 327 g/mol. The highest BCUT2D eigenvalue weighted by Crippen LogP contribution is 2.34. The molecule has 0 unspecified atom stereocenters. The Morgan fingerprint density at radius 2 is 1.71 bits per heavy atom. The highest BCUT2D eigenvalue weighted by molar-refractivity contribution is 6.09. The Morgan fingerprint density at radius 1 is 1.08 bits per heavy atom. The fourth-order valence-corrected chi connectivity index (χ4v) is 2.95. The smallest absolute Gasteiger partial charge is 0.259 e. The van der Waals surface area contributed by atoms with E-state index in [0.29, 0.717) is 30.0 Å². The number of benzene rings is 1. The summed E-state index contributed by atoms with van der Waals surface area (Å²) in [6.45, 7) is 4.52. The maximum absolute atomic E-state index is 13.0. The van der Waals surface area contributed by atoms with Crippen LogP contribution in [0, 0.1) is 11.9 Å². The largest absolute Gasteiger partial charge is 0.310 e. The lowest BCUT2D eigenvalue weighted by molar-refractivity contribution is -0.116. The zero-order valence-corrected chi connectivity index (χ0v) is 13.6. The van der Waals surface area contributed by atoms with E-state index >= 15 is 0 Å². The van der Waals surface area contributed by atoms with Crippen molar-refractivity contribution in [1.29, 1.82) is 0 Å². The van der Waals surface area contributed by atoms with Gasteiger partial charge in [-0.15, -0.1) is 0 Å². The number of anilines is 2. The molecule has 0 N–H and O–H groups in total. The third-order valence-electron chi connectivity index (χ3n) is 4.05. The Labute approximate surface area is 139 Å². The predicted octanol–water partition coefficient (Wildman–Crippen LogP) is 2.87. The van der Waals surface area contributed by atoms with Crippen LogP contribution in [0.2, 0.25) is 0 Å². The fourth-order valence-electron chi connectivity index (χ4n) is 2.95. The van der Waals surface area contributed by atoms with Crippen LogP contribution in [0.4, 0.5) is 15.8 Å². The molecule has 124 valence electrons. The maximum Gasteiger partial charge on any atom is 0.259 e. The van der Waals surface area contributed by atoms with E-state index in [1.165, 1.54) is 25.3 Å². The quantitative estimate of drug-likeness (QED) is 0.757. The van der Waals surface area contributed by atoms with Crippen molar-refractivity contribution < 1.29 is 14.0 Å². The number of carbonyl (C=O) groups is 2. The molecule has 1 aromatic carbocycles. The van der Waals surface area contributed by atoms with E-state index in [1.54, 1.807) is 9.80 Å². The molecule has 0 spiro atoms. The molecule has 2 amide bonds. The summed E-state index contributed by atoms with van der Waals surface area (Å²) in [5.74, 6) is -0.850. The number of hydrogen-bond acceptors (Lipinski definition) is 3. The average Bonchev–Trinajstić information content (AvgIpc) is 2.72. The predicted molar refractivity (Wildman–Crippen MR) is 89.5 cm³/mol. The second-order valence-electron chi connectivity index (χ2n) is 6.01. The van der Waals surface area contributed by atoms with Gasteiger partial charge >= 0.3 is 0 Å². The van der Waals surface area contributed by atoms with E-state index in [2.05, 4.69) is 4.98 Å². The number of aromatic nitrogens is 1. The summed E-state index contributed by atoms with van der Waals surface area (Å²) in [5.41, 5.74) is 1.69. The lowest BCUT2D eigenvalue weighted by Gasteiger charge is -2.24. The molecular formula is C18H18FN3O2. The van der Waals surface area contributed by atoms with Crippen LogP contribution in [-0.4, -0.2) is 29.9 Å². The Bertz CT molecular complexity index is 776. The van der Waals surface area contributed by atoms with E-state index in [4.69, 9.17) is 0 Å². The van der Waals surface area contributed by atoms with Gasteiger partial charge in [-0.2, -0.15) is 4.39 Å². The van der Waals surface area contributed by atoms with Crippen molar-refractivity contribution in [2.24, 2.45) is 5.92 Å². The summed E-state index contributed by atoms with van der Waals surface area (Å²) in [7, 11) is 0. The minimum atomic E-state index is -0.626. The molecule has 24 heavy (non-hydrogen) atoms. The van der Waals surface area contributed by atoms with Gasteiger partial charge in [-0.3, -0.25) is 9.59 Å². The first-order chi connectivity index (χ1) is 11.5. The molecule has 2 aromatic rings. The summed E-state index contributed by atoms with van der Waals surface area (Å²) < 4.78 is 13.0. The van der Waals surface area contributed by atoms with Gasteiger partial charge in [0.25, 0.3) is 5.91 Å². The lowest BCUT2D eigenvalue weighted by Crippen LogP contribution is -2.35. The number of para-hydroxylation sites is 2. The van der Waals surface area contributed by atoms with Crippen molar-refractivity contribution in [3.8, 4) is 0 Å². The van der Waals surface area contributed by atoms with Crippen molar-refractivity contribution in [1.82, 2.24) is 4.98 Å². The van der Waals surface area contributed by atoms with Crippen LogP contribution in [0.15, 0.2) is 42.6 Å². The molecule has 0 saturated heterocycles. The molecule has 0 saturated carbocycles. The molecular weight excluding hydrogens is 309 g/mol. The molecule has 5 nitrogen and oxygen atoms in total. The van der Waals surface area contributed by atoms with Crippen LogP contribution in [0.3, 0.4) is 0 Å². The van der Waals surface area contributed by atoms with Gasteiger partial charge in [0, 0.05) is 26.2 Å². The summed E-state index contributed by atoms with van der Waals surface area (Å²) in [4.78, 5) is 31.8. The Hall–Kier alpha value is -2.76. The van der Waals surface area contributed by atoms with E-state index in [1.807, 2.05) is 31.2 Å². The molecule has 0 radical (unpaired) electrons. The molecule has 3 rings (SSSR count). The van der Waals surface area contributed by atoms with Crippen LogP contribution in [-0.2, 0) is 4.79 Å². The number of halogens is 1. The number of carbonyl (C=O) groups excluding carboxylic acids is 2. The van der Waals surface area contributed by atoms with Crippen molar-refractivity contribution in [3.05, 3.63) is 54.1 Å². The normalized spacial score (nSPS) is 17.2. The topological polar surface area (TPSA) is 53.5 Å². The lowest BCUT2D eigenvalue weighted by atomic mass is 10.1. The third-order valence-corrected chi connectivity index (χ3v) is 4.05. The first-order valence-electron chi connectivity index (χ1n) is 7.78. The molecule has 0 aliphatic carbocycles. The van der Waals surface area contributed by atoms with Crippen LogP contribution in [0.1, 0.15) is 24.2 Å². The Morgan fingerprint density at radius 3 is 2.29 bits per heavy atom. The van der Waals surface area contributed by atoms with E-state index in [9.17, 15) is 14.0 Å². The second-order valence-corrected chi connectivity index (χ2v) is 6.01. The molecule has 1 aliphatic heterocycles. The number of pyridine rings is 1. The Balaban J connectivity index is 2.06. The van der Waals surface area contributed by atoms with Gasteiger partial charge in [-0.1, -0.05) is 19.1 Å². The summed E-state index contributed by atoms with van der Waals surface area (Å²) >= 11 is 0. The molecule has 1 aromatic heterocycles. The van der Waals surface area contributed by atoms with Crippen molar-refractivity contribution in [2.75, 3.05) is 22.9 Å². The highest BCUT2D eigenvalue weighted by Gasteiger charge is 2.30. The summed E-state index contributed by atoms with van der Waals surface area (Å²) in [6, 6.07) is 9.91. The van der Waals surface area contributed by atoms with Crippen LogP contribution in [0.5, 0.6) is 0 Å². The van der Waals surface area contributed by atoms with Crippen LogP contribution < -0.4 is 9.80 Å². The maximum atomic E-state index is 13.0.